The van der Waals surface area contributed by atoms with Crippen molar-refractivity contribution in [1.29, 1.82) is 0 Å². The molecule has 0 saturated carbocycles. The van der Waals surface area contributed by atoms with E-state index in [0.717, 1.165) is 28.9 Å². The van der Waals surface area contributed by atoms with Crippen LogP contribution in [0.2, 0.25) is 0 Å². The number of alkyl halides is 3. The van der Waals surface area contributed by atoms with E-state index in [-0.39, 0.29) is 12.3 Å². The Kier molecular flexibility index (Phi) is 10.4. The summed E-state index contributed by atoms with van der Waals surface area (Å²) in [5.41, 5.74) is 3.35. The fourth-order valence-corrected chi connectivity index (χ4v) is 5.53. The van der Waals surface area contributed by atoms with Gasteiger partial charge in [-0.2, -0.15) is 0 Å². The zero-order valence-corrected chi connectivity index (χ0v) is 24.9. The van der Waals surface area contributed by atoms with Crippen LogP contribution in [0, 0.1) is 0 Å². The minimum absolute atomic E-state index is 0.184. The first-order valence-electron chi connectivity index (χ1n) is 13.4. The molecule has 42 heavy (non-hydrogen) atoms. The van der Waals surface area contributed by atoms with Gasteiger partial charge in [-0.1, -0.05) is 0 Å². The normalized spacial score (nSPS) is 14.4. The van der Waals surface area contributed by atoms with Crippen molar-refractivity contribution in [3.05, 3.63) is 114 Å². The van der Waals surface area contributed by atoms with Crippen molar-refractivity contribution in [3.8, 4) is 0 Å². The van der Waals surface area contributed by atoms with Crippen LogP contribution in [0.15, 0.2) is 91.3 Å². The SMILES string of the molecule is C=C(c1ccccc1)c1ccccc1NC(=O)C(C)N[C]1=[V]=[C](C/C(=C\C(=C/C)C(F)(F)F)c2cnc(CC)nc2)O1. The van der Waals surface area contributed by atoms with Crippen molar-refractivity contribution < 1.29 is 38.1 Å². The average Bonchev–Trinajstić information content (AvgIpc) is 2.97. The summed E-state index contributed by atoms with van der Waals surface area (Å²) in [6.07, 6.45) is 1.54. The minimum atomic E-state index is -4.49. The Balaban J connectivity index is 1.47. The molecule has 0 spiro atoms. The molecule has 0 radical (unpaired) electrons. The van der Waals surface area contributed by atoms with E-state index >= 15 is 0 Å². The third-order valence-electron chi connectivity index (χ3n) is 6.51. The Morgan fingerprint density at radius 3 is 2.33 bits per heavy atom. The second-order valence-electron chi connectivity index (χ2n) is 9.49. The number of benzene rings is 2. The fraction of sp³-hybridized carbons (Fsp3) is 0.219. The number of halogens is 3. The number of carbonyl (C=O) groups is 1. The summed E-state index contributed by atoms with van der Waals surface area (Å²) >= 11 is -0.610. The molecule has 1 aromatic heterocycles. The molecule has 2 N–H and O–H groups in total. The van der Waals surface area contributed by atoms with Crippen molar-refractivity contribution >= 4 is 31.7 Å². The van der Waals surface area contributed by atoms with Gasteiger partial charge in [0.2, 0.25) is 0 Å². The van der Waals surface area contributed by atoms with Crippen LogP contribution in [-0.2, 0) is 31.4 Å². The number of ether oxygens (including phenoxy) is 1. The number of rotatable bonds is 11. The van der Waals surface area contributed by atoms with Gasteiger partial charge < -0.3 is 0 Å². The van der Waals surface area contributed by atoms with Gasteiger partial charge in [0, 0.05) is 0 Å². The molecule has 10 heteroatoms. The molecule has 0 aliphatic carbocycles. The van der Waals surface area contributed by atoms with Gasteiger partial charge in [-0.25, -0.2) is 0 Å². The molecular weight excluding hydrogens is 580 g/mol. The Labute approximate surface area is 249 Å². The van der Waals surface area contributed by atoms with E-state index in [1.54, 1.807) is 6.92 Å². The Bertz CT molecular complexity index is 1590. The molecule has 6 nitrogen and oxygen atoms in total. The molecule has 0 saturated heterocycles. The first-order valence-corrected chi connectivity index (χ1v) is 14.8. The number of allylic oxidation sites excluding steroid dienone is 3. The summed E-state index contributed by atoms with van der Waals surface area (Å²) in [7, 11) is 0. The van der Waals surface area contributed by atoms with Crippen LogP contribution in [0.25, 0.3) is 11.1 Å². The van der Waals surface area contributed by atoms with Crippen LogP contribution in [0.4, 0.5) is 18.9 Å². The Hall–Kier alpha value is -3.76. The summed E-state index contributed by atoms with van der Waals surface area (Å²) in [5.74, 6) is 0.351. The number of carbonyl (C=O) groups excluding carboxylic acids is 1. The first-order chi connectivity index (χ1) is 20.1. The summed E-state index contributed by atoms with van der Waals surface area (Å²) in [6.45, 7) is 9.19. The van der Waals surface area contributed by atoms with Crippen molar-refractivity contribution in [3.63, 3.8) is 0 Å². The van der Waals surface area contributed by atoms with Crippen molar-refractivity contribution in [2.45, 2.75) is 45.8 Å². The van der Waals surface area contributed by atoms with E-state index in [9.17, 15) is 18.0 Å². The first kappa shape index (κ1) is 31.2. The maximum atomic E-state index is 13.5. The number of anilines is 1. The van der Waals surface area contributed by atoms with Gasteiger partial charge >= 0.3 is 250 Å². The van der Waals surface area contributed by atoms with Gasteiger partial charge in [-0.3, -0.25) is 0 Å². The zero-order chi connectivity index (χ0) is 30.3. The maximum absolute atomic E-state index is 13.5. The molecular formula is C32H31F3N4O2V. The van der Waals surface area contributed by atoms with Crippen LogP contribution >= 0.6 is 0 Å². The van der Waals surface area contributed by atoms with Crippen LogP contribution in [-0.4, -0.2) is 37.0 Å². The Morgan fingerprint density at radius 1 is 1.07 bits per heavy atom. The van der Waals surface area contributed by atoms with Crippen molar-refractivity contribution in [2.24, 2.45) is 0 Å². The van der Waals surface area contributed by atoms with Crippen LogP contribution in [0.1, 0.15) is 49.7 Å². The average molecular weight is 612 g/mol. The number of hydrogen-bond donors (Lipinski definition) is 2. The van der Waals surface area contributed by atoms with E-state index in [4.69, 9.17) is 4.74 Å². The molecule has 2 aromatic carbocycles. The predicted molar refractivity (Wildman–Crippen MR) is 157 cm³/mol. The van der Waals surface area contributed by atoms with E-state index < -0.39 is 33.2 Å². The van der Waals surface area contributed by atoms with Gasteiger partial charge in [0.15, 0.2) is 0 Å². The second kappa shape index (κ2) is 13.9. The topological polar surface area (TPSA) is 76.1 Å². The van der Waals surface area contributed by atoms with E-state index in [2.05, 4.69) is 27.2 Å². The zero-order valence-electron chi connectivity index (χ0n) is 23.5. The van der Waals surface area contributed by atoms with E-state index in [1.807, 2.05) is 61.5 Å². The van der Waals surface area contributed by atoms with Crippen LogP contribution in [0.5, 0.6) is 0 Å². The summed E-state index contributed by atoms with van der Waals surface area (Å²) in [6, 6.07) is 16.6. The number of nitrogens with one attached hydrogen (secondary N) is 2. The second-order valence-corrected chi connectivity index (χ2v) is 11.3. The van der Waals surface area contributed by atoms with Gasteiger partial charge in [0.1, 0.15) is 0 Å². The van der Waals surface area contributed by atoms with Crippen LogP contribution in [0.3, 0.4) is 0 Å². The summed E-state index contributed by atoms with van der Waals surface area (Å²) in [4.78, 5) is 21.5. The van der Waals surface area contributed by atoms with E-state index in [0.29, 0.717) is 38.0 Å². The molecule has 0 fully saturated rings. The van der Waals surface area contributed by atoms with Crippen molar-refractivity contribution in [2.75, 3.05) is 5.32 Å². The fourth-order valence-electron chi connectivity index (χ4n) is 4.13. The molecule has 1 aliphatic rings. The van der Waals surface area contributed by atoms with Crippen LogP contribution < -0.4 is 10.6 Å². The van der Waals surface area contributed by atoms with Gasteiger partial charge in [-0.05, 0) is 0 Å². The number of hydrogen-bond acceptors (Lipinski definition) is 5. The van der Waals surface area contributed by atoms with Gasteiger partial charge in [-0.15, -0.1) is 0 Å². The quantitative estimate of drug-likeness (QED) is 0.248. The van der Waals surface area contributed by atoms with Crippen molar-refractivity contribution in [1.82, 2.24) is 15.3 Å². The molecule has 217 valence electrons. The molecule has 3 aromatic rings. The third kappa shape index (κ3) is 7.95. The third-order valence-corrected chi connectivity index (χ3v) is 7.95. The standard InChI is InChI=1S/C32H31F3N4O2.V/c1-5-27(32(33,34)35)18-25(26-19-36-30(6-2)37-20-26)16-17-41-21-38-23(4)31(40)39-29-15-11-10-14-28(29)22(3)24-12-8-7-9-13-24;/h5,7-15,18-20,23,38H,3,6,16H2,1-2,4H3,(H,39,40);/b25-18+,27-5+;. The van der Waals surface area contributed by atoms with Gasteiger partial charge in [0.05, 0.1) is 0 Å². The molecule has 2 heterocycles. The molecule has 1 amide bonds. The van der Waals surface area contributed by atoms with E-state index in [1.165, 1.54) is 19.3 Å². The summed E-state index contributed by atoms with van der Waals surface area (Å²) in [5, 5.41) is 6.06. The summed E-state index contributed by atoms with van der Waals surface area (Å²) < 4.78 is 47.6. The molecule has 1 aliphatic heterocycles. The number of aromatic nitrogens is 2. The Morgan fingerprint density at radius 2 is 1.71 bits per heavy atom. The van der Waals surface area contributed by atoms with Gasteiger partial charge in [0.25, 0.3) is 0 Å². The number of aryl methyl sites for hydroxylation is 1. The molecule has 1 atom stereocenters. The predicted octanol–water partition coefficient (Wildman–Crippen LogP) is 6.33. The molecule has 1 unspecified atom stereocenters. The number of para-hydroxylation sites is 1. The monoisotopic (exact) mass is 611 g/mol. The molecule has 0 bridgehead atoms. The number of nitrogens with zero attached hydrogens (tertiary/aromatic N) is 2. The number of amides is 1. The molecule has 4 rings (SSSR count).